The second-order valence-corrected chi connectivity index (χ2v) is 9.11. The highest BCUT2D eigenvalue weighted by Gasteiger charge is 2.12. The molecule has 1 aromatic heterocycles. The number of hydrogen-bond donors (Lipinski definition) is 2. The highest BCUT2D eigenvalue weighted by molar-refractivity contribution is 8.01. The lowest BCUT2D eigenvalue weighted by Gasteiger charge is -2.07. The number of nitrogens with one attached hydrogen (secondary N) is 2. The van der Waals surface area contributed by atoms with E-state index in [1.165, 1.54) is 17.8 Å². The van der Waals surface area contributed by atoms with Gasteiger partial charge in [0.2, 0.25) is 11.0 Å². The van der Waals surface area contributed by atoms with Crippen LogP contribution in [0.25, 0.3) is 0 Å². The lowest BCUT2D eigenvalue weighted by Crippen LogP contribution is -2.20. The van der Waals surface area contributed by atoms with Gasteiger partial charge in [0.05, 0.1) is 10.8 Å². The first-order chi connectivity index (χ1) is 14.4. The predicted molar refractivity (Wildman–Crippen MR) is 121 cm³/mol. The Balaban J connectivity index is 1.44. The van der Waals surface area contributed by atoms with Crippen molar-refractivity contribution in [3.05, 3.63) is 57.5 Å². The fraction of sp³-hybridized carbons (Fsp3) is 0.111. The zero-order chi connectivity index (χ0) is 21.5. The van der Waals surface area contributed by atoms with Crippen molar-refractivity contribution < 1.29 is 14.3 Å². The van der Waals surface area contributed by atoms with Gasteiger partial charge in [0.1, 0.15) is 5.75 Å². The molecule has 0 fully saturated rings. The van der Waals surface area contributed by atoms with Crippen molar-refractivity contribution in [3.8, 4) is 5.75 Å². The number of carbonyl (C=O) groups is 2. The van der Waals surface area contributed by atoms with Crippen molar-refractivity contribution in [2.75, 3.05) is 23.0 Å². The van der Waals surface area contributed by atoms with Gasteiger partial charge in [-0.2, -0.15) is 0 Å². The molecule has 12 heteroatoms. The molecule has 0 bridgehead atoms. The van der Waals surface area contributed by atoms with E-state index >= 15 is 0 Å². The average molecular weight is 504 g/mol. The molecule has 156 valence electrons. The molecule has 0 spiro atoms. The molecule has 1 heterocycles. The number of ether oxygens (including phenoxy) is 1. The van der Waals surface area contributed by atoms with Crippen LogP contribution in [0.4, 0.5) is 10.8 Å². The molecule has 3 rings (SSSR count). The quantitative estimate of drug-likeness (QED) is 0.322. The summed E-state index contributed by atoms with van der Waals surface area (Å²) < 4.78 is 5.90. The Hall–Kier alpha value is -2.04. The first-order valence-corrected chi connectivity index (χ1v) is 11.2. The summed E-state index contributed by atoms with van der Waals surface area (Å²) in [4.78, 5) is 24.0. The van der Waals surface area contributed by atoms with Gasteiger partial charge in [-0.15, -0.1) is 10.2 Å². The minimum Gasteiger partial charge on any atom is -0.482 e. The van der Waals surface area contributed by atoms with E-state index < -0.39 is 5.91 Å². The maximum absolute atomic E-state index is 12.0. The number of benzene rings is 2. The largest absolute Gasteiger partial charge is 0.482 e. The molecular formula is C18H13Cl3N4O3S2. The van der Waals surface area contributed by atoms with Gasteiger partial charge in [-0.3, -0.25) is 14.9 Å². The molecule has 0 aliphatic heterocycles. The molecule has 0 radical (unpaired) electrons. The number of thioether (sulfide) groups is 1. The van der Waals surface area contributed by atoms with Crippen LogP contribution in [0.15, 0.2) is 46.8 Å². The molecule has 7 nitrogen and oxygen atoms in total. The summed E-state index contributed by atoms with van der Waals surface area (Å²) in [7, 11) is 0. The third-order valence-electron chi connectivity index (χ3n) is 3.34. The van der Waals surface area contributed by atoms with E-state index in [9.17, 15) is 9.59 Å². The van der Waals surface area contributed by atoms with Crippen LogP contribution in [0.3, 0.4) is 0 Å². The summed E-state index contributed by atoms with van der Waals surface area (Å²) >= 11 is 20.0. The zero-order valence-electron chi connectivity index (χ0n) is 15.0. The fourth-order valence-corrected chi connectivity index (χ4v) is 4.32. The van der Waals surface area contributed by atoms with Gasteiger partial charge < -0.3 is 10.1 Å². The SMILES string of the molecule is O=C(CSc1nnc(NC(=O)COc2ccc(Cl)cc2Cl)s1)Nc1cccc(Cl)c1. The third kappa shape index (κ3) is 7.03. The summed E-state index contributed by atoms with van der Waals surface area (Å²) in [6, 6.07) is 11.6. The van der Waals surface area contributed by atoms with Crippen molar-refractivity contribution in [2.24, 2.45) is 0 Å². The summed E-state index contributed by atoms with van der Waals surface area (Å²) in [5.41, 5.74) is 0.610. The van der Waals surface area contributed by atoms with Crippen molar-refractivity contribution in [1.82, 2.24) is 10.2 Å². The Labute approximate surface area is 195 Å². The highest BCUT2D eigenvalue weighted by Crippen LogP contribution is 2.28. The molecule has 30 heavy (non-hydrogen) atoms. The van der Waals surface area contributed by atoms with Crippen LogP contribution >= 0.6 is 57.9 Å². The fourth-order valence-electron chi connectivity index (χ4n) is 2.10. The lowest BCUT2D eigenvalue weighted by atomic mass is 10.3. The molecule has 0 aliphatic carbocycles. The lowest BCUT2D eigenvalue weighted by molar-refractivity contribution is -0.118. The summed E-state index contributed by atoms with van der Waals surface area (Å²) in [5.74, 6) is -0.160. The minimum atomic E-state index is -0.424. The van der Waals surface area contributed by atoms with Crippen LogP contribution in [0.5, 0.6) is 5.75 Å². The molecule has 0 saturated heterocycles. The normalized spacial score (nSPS) is 10.5. The van der Waals surface area contributed by atoms with Gasteiger partial charge in [-0.05, 0) is 36.4 Å². The third-order valence-corrected chi connectivity index (χ3v) is 6.08. The number of aromatic nitrogens is 2. The number of amides is 2. The Kier molecular flexibility index (Phi) is 8.17. The van der Waals surface area contributed by atoms with Gasteiger partial charge in [0.15, 0.2) is 10.9 Å². The van der Waals surface area contributed by atoms with Gasteiger partial charge >= 0.3 is 0 Å². The van der Waals surface area contributed by atoms with Gasteiger partial charge in [-0.25, -0.2) is 0 Å². The van der Waals surface area contributed by atoms with Crippen molar-refractivity contribution >= 4 is 80.5 Å². The molecule has 0 saturated carbocycles. The Morgan fingerprint density at radius 2 is 1.80 bits per heavy atom. The van der Waals surface area contributed by atoms with E-state index in [0.717, 1.165) is 11.3 Å². The van der Waals surface area contributed by atoms with Crippen LogP contribution in [-0.2, 0) is 9.59 Å². The molecule has 3 aromatic rings. The smallest absolute Gasteiger partial charge is 0.264 e. The molecular weight excluding hydrogens is 491 g/mol. The molecule has 0 atom stereocenters. The maximum atomic E-state index is 12.0. The predicted octanol–water partition coefficient (Wildman–Crippen LogP) is 5.25. The van der Waals surface area contributed by atoms with E-state index in [-0.39, 0.29) is 18.3 Å². The van der Waals surface area contributed by atoms with Gasteiger partial charge in [0, 0.05) is 15.7 Å². The second-order valence-electron chi connectivity index (χ2n) is 5.63. The molecule has 2 N–H and O–H groups in total. The summed E-state index contributed by atoms with van der Waals surface area (Å²) in [6.45, 7) is -0.258. The monoisotopic (exact) mass is 502 g/mol. The van der Waals surface area contributed by atoms with E-state index in [1.54, 1.807) is 36.4 Å². The molecule has 0 unspecified atom stereocenters. The topological polar surface area (TPSA) is 93.2 Å². The van der Waals surface area contributed by atoms with E-state index in [0.29, 0.717) is 36.0 Å². The molecule has 0 aliphatic rings. The second kappa shape index (κ2) is 10.8. The van der Waals surface area contributed by atoms with E-state index in [4.69, 9.17) is 39.5 Å². The molecule has 2 amide bonds. The number of carbonyl (C=O) groups excluding carboxylic acids is 2. The number of hydrogen-bond acceptors (Lipinski definition) is 7. The minimum absolute atomic E-state index is 0.132. The number of halogens is 3. The Bertz CT molecular complexity index is 1060. The van der Waals surface area contributed by atoms with Crippen LogP contribution in [0.1, 0.15) is 0 Å². The number of rotatable bonds is 8. The first kappa shape index (κ1) is 22.6. The zero-order valence-corrected chi connectivity index (χ0v) is 18.9. The summed E-state index contributed by atoms with van der Waals surface area (Å²) in [5, 5.41) is 14.7. The van der Waals surface area contributed by atoms with Crippen molar-refractivity contribution in [2.45, 2.75) is 4.34 Å². The Morgan fingerprint density at radius 3 is 2.57 bits per heavy atom. The van der Waals surface area contributed by atoms with Gasteiger partial charge in [0.25, 0.3) is 5.91 Å². The summed E-state index contributed by atoms with van der Waals surface area (Å²) in [6.07, 6.45) is 0. The standard InChI is InChI=1S/C18H13Cl3N4O3S2/c19-10-2-1-3-12(6-10)22-16(27)9-29-18-25-24-17(30-18)23-15(26)8-28-14-5-4-11(20)7-13(14)21/h1-7H,8-9H2,(H,22,27)(H,23,24,26). The van der Waals surface area contributed by atoms with Crippen molar-refractivity contribution in [1.29, 1.82) is 0 Å². The first-order valence-electron chi connectivity index (χ1n) is 8.28. The Morgan fingerprint density at radius 1 is 1.00 bits per heavy atom. The number of nitrogens with zero attached hydrogens (tertiary/aromatic N) is 2. The van der Waals surface area contributed by atoms with Gasteiger partial charge in [-0.1, -0.05) is 64.0 Å². The highest BCUT2D eigenvalue weighted by atomic mass is 35.5. The molecule has 2 aromatic carbocycles. The maximum Gasteiger partial charge on any atom is 0.264 e. The van der Waals surface area contributed by atoms with Crippen LogP contribution in [-0.4, -0.2) is 34.4 Å². The van der Waals surface area contributed by atoms with E-state index in [2.05, 4.69) is 20.8 Å². The average Bonchev–Trinajstić information content (AvgIpc) is 3.13. The number of anilines is 2. The van der Waals surface area contributed by atoms with E-state index in [1.807, 2.05) is 0 Å². The van der Waals surface area contributed by atoms with Crippen LogP contribution in [0, 0.1) is 0 Å². The van der Waals surface area contributed by atoms with Crippen LogP contribution < -0.4 is 15.4 Å². The van der Waals surface area contributed by atoms with Crippen LogP contribution in [0.2, 0.25) is 15.1 Å². The van der Waals surface area contributed by atoms with Crippen molar-refractivity contribution in [3.63, 3.8) is 0 Å².